The normalized spacial score (nSPS) is 10.1. The highest BCUT2D eigenvalue weighted by atomic mass is 16.5. The molecule has 0 unspecified atom stereocenters. The molecule has 3 nitrogen and oxygen atoms in total. The lowest BCUT2D eigenvalue weighted by atomic mass is 10.2. The quantitative estimate of drug-likeness (QED) is 0.758. The standard InChI is InChI=1S/C13H12O3/c1-9-7-11(8-12(14)13(9)15)16-10-5-3-2-4-6-10/h2-8,14-15H,1H3. The lowest BCUT2D eigenvalue weighted by Crippen LogP contribution is -1.85. The van der Waals surface area contributed by atoms with Crippen LogP contribution in [0.5, 0.6) is 23.0 Å². The fourth-order valence-electron chi connectivity index (χ4n) is 1.41. The summed E-state index contributed by atoms with van der Waals surface area (Å²) in [4.78, 5) is 0. The smallest absolute Gasteiger partial charge is 0.161 e. The third-order valence-electron chi connectivity index (χ3n) is 2.23. The molecule has 0 saturated carbocycles. The van der Waals surface area contributed by atoms with E-state index in [0.717, 1.165) is 0 Å². The molecule has 0 atom stereocenters. The maximum absolute atomic E-state index is 9.43. The number of hydrogen-bond donors (Lipinski definition) is 2. The van der Waals surface area contributed by atoms with Gasteiger partial charge in [-0.05, 0) is 30.7 Å². The van der Waals surface area contributed by atoms with Gasteiger partial charge in [0, 0.05) is 6.07 Å². The van der Waals surface area contributed by atoms with E-state index in [-0.39, 0.29) is 11.5 Å². The second-order valence-corrected chi connectivity index (χ2v) is 3.52. The van der Waals surface area contributed by atoms with Gasteiger partial charge >= 0.3 is 0 Å². The molecule has 0 amide bonds. The lowest BCUT2D eigenvalue weighted by Gasteiger charge is -2.08. The number of phenolic OH excluding ortho intramolecular Hbond substituents is 2. The van der Waals surface area contributed by atoms with Crippen molar-refractivity contribution in [3.63, 3.8) is 0 Å². The zero-order valence-electron chi connectivity index (χ0n) is 8.84. The van der Waals surface area contributed by atoms with Gasteiger partial charge in [-0.2, -0.15) is 0 Å². The van der Waals surface area contributed by atoms with Crippen LogP contribution < -0.4 is 4.74 Å². The second-order valence-electron chi connectivity index (χ2n) is 3.52. The minimum atomic E-state index is -0.175. The molecule has 0 bridgehead atoms. The molecule has 0 heterocycles. The number of phenols is 2. The van der Waals surface area contributed by atoms with Gasteiger partial charge in [0.2, 0.25) is 0 Å². The number of rotatable bonds is 2. The molecule has 0 aromatic heterocycles. The highest BCUT2D eigenvalue weighted by Crippen LogP contribution is 2.34. The Morgan fingerprint density at radius 1 is 0.938 bits per heavy atom. The molecule has 2 rings (SSSR count). The first-order valence-electron chi connectivity index (χ1n) is 4.92. The van der Waals surface area contributed by atoms with Gasteiger partial charge in [-0.3, -0.25) is 0 Å². The van der Waals surface area contributed by atoms with E-state index in [1.807, 2.05) is 30.3 Å². The summed E-state index contributed by atoms with van der Waals surface area (Å²) in [6, 6.07) is 12.3. The van der Waals surface area contributed by atoms with Gasteiger partial charge in [0.15, 0.2) is 11.5 Å². The average Bonchev–Trinajstić information content (AvgIpc) is 2.27. The van der Waals surface area contributed by atoms with Gasteiger partial charge in [-0.1, -0.05) is 18.2 Å². The summed E-state index contributed by atoms with van der Waals surface area (Å²) in [5.41, 5.74) is 0.575. The van der Waals surface area contributed by atoms with Crippen molar-refractivity contribution >= 4 is 0 Å². The Balaban J connectivity index is 2.29. The fraction of sp³-hybridized carbons (Fsp3) is 0.0769. The fourth-order valence-corrected chi connectivity index (χ4v) is 1.41. The van der Waals surface area contributed by atoms with Crippen LogP contribution in [0.3, 0.4) is 0 Å². The molecule has 0 spiro atoms. The van der Waals surface area contributed by atoms with E-state index < -0.39 is 0 Å². The highest BCUT2D eigenvalue weighted by Gasteiger charge is 2.06. The Labute approximate surface area is 93.6 Å². The summed E-state index contributed by atoms with van der Waals surface area (Å²) in [5.74, 6) is 0.900. The number of ether oxygens (including phenoxy) is 1. The Kier molecular flexibility index (Phi) is 2.68. The first kappa shape index (κ1) is 10.4. The van der Waals surface area contributed by atoms with E-state index in [1.54, 1.807) is 13.0 Å². The van der Waals surface area contributed by atoms with Crippen molar-refractivity contribution in [2.24, 2.45) is 0 Å². The molecule has 0 aliphatic rings. The van der Waals surface area contributed by atoms with Crippen LogP contribution in [0, 0.1) is 6.92 Å². The summed E-state index contributed by atoms with van der Waals surface area (Å²) in [6.07, 6.45) is 0. The van der Waals surface area contributed by atoms with Gasteiger partial charge in [0.25, 0.3) is 0 Å². The Morgan fingerprint density at radius 3 is 2.25 bits per heavy atom. The van der Waals surface area contributed by atoms with Crippen LogP contribution in [-0.4, -0.2) is 10.2 Å². The SMILES string of the molecule is Cc1cc(Oc2ccccc2)cc(O)c1O. The van der Waals surface area contributed by atoms with Crippen molar-refractivity contribution in [1.29, 1.82) is 0 Å². The van der Waals surface area contributed by atoms with Gasteiger partial charge in [-0.25, -0.2) is 0 Å². The van der Waals surface area contributed by atoms with Crippen molar-refractivity contribution in [3.05, 3.63) is 48.0 Å². The topological polar surface area (TPSA) is 49.7 Å². The zero-order chi connectivity index (χ0) is 11.5. The largest absolute Gasteiger partial charge is 0.504 e. The predicted molar refractivity (Wildman–Crippen MR) is 61.0 cm³/mol. The molecule has 0 radical (unpaired) electrons. The van der Waals surface area contributed by atoms with Gasteiger partial charge in [0.05, 0.1) is 0 Å². The summed E-state index contributed by atoms with van der Waals surface area (Å²) in [5, 5.41) is 18.8. The van der Waals surface area contributed by atoms with Crippen LogP contribution >= 0.6 is 0 Å². The molecule has 0 fully saturated rings. The molecule has 2 N–H and O–H groups in total. The highest BCUT2D eigenvalue weighted by molar-refractivity contribution is 5.50. The molecular weight excluding hydrogens is 204 g/mol. The maximum Gasteiger partial charge on any atom is 0.161 e. The predicted octanol–water partition coefficient (Wildman–Crippen LogP) is 3.20. The summed E-state index contributed by atoms with van der Waals surface area (Å²) in [6.45, 7) is 1.70. The second kappa shape index (κ2) is 4.14. The third kappa shape index (κ3) is 2.08. The average molecular weight is 216 g/mol. The minimum absolute atomic E-state index is 0.111. The van der Waals surface area contributed by atoms with E-state index in [2.05, 4.69) is 0 Å². The summed E-state index contributed by atoms with van der Waals surface area (Å²) >= 11 is 0. The van der Waals surface area contributed by atoms with Crippen molar-refractivity contribution in [2.45, 2.75) is 6.92 Å². The molecule has 2 aromatic rings. The minimum Gasteiger partial charge on any atom is -0.504 e. The summed E-state index contributed by atoms with van der Waals surface area (Å²) < 4.78 is 5.52. The van der Waals surface area contributed by atoms with E-state index in [4.69, 9.17) is 4.74 Å². The van der Waals surface area contributed by atoms with E-state index >= 15 is 0 Å². The zero-order valence-corrected chi connectivity index (χ0v) is 8.84. The van der Waals surface area contributed by atoms with Crippen molar-refractivity contribution < 1.29 is 14.9 Å². The number of aromatic hydroxyl groups is 2. The van der Waals surface area contributed by atoms with Gasteiger partial charge < -0.3 is 14.9 Å². The maximum atomic E-state index is 9.43. The Bertz CT molecular complexity index is 469. The number of hydrogen-bond acceptors (Lipinski definition) is 3. The van der Waals surface area contributed by atoms with Crippen LogP contribution in [0.1, 0.15) is 5.56 Å². The van der Waals surface area contributed by atoms with Crippen molar-refractivity contribution in [2.75, 3.05) is 0 Å². The van der Waals surface area contributed by atoms with Crippen LogP contribution in [0.2, 0.25) is 0 Å². The molecule has 16 heavy (non-hydrogen) atoms. The molecule has 2 aromatic carbocycles. The molecule has 82 valence electrons. The Morgan fingerprint density at radius 2 is 1.62 bits per heavy atom. The van der Waals surface area contributed by atoms with E-state index in [9.17, 15) is 10.2 Å². The number of para-hydroxylation sites is 1. The van der Waals surface area contributed by atoms with E-state index in [1.165, 1.54) is 6.07 Å². The van der Waals surface area contributed by atoms with Crippen LogP contribution in [0.25, 0.3) is 0 Å². The van der Waals surface area contributed by atoms with E-state index in [0.29, 0.717) is 17.1 Å². The van der Waals surface area contributed by atoms with Crippen molar-refractivity contribution in [3.8, 4) is 23.0 Å². The molecule has 0 aliphatic carbocycles. The number of aryl methyl sites for hydroxylation is 1. The van der Waals surface area contributed by atoms with Crippen LogP contribution in [0.15, 0.2) is 42.5 Å². The third-order valence-corrected chi connectivity index (χ3v) is 2.23. The molecular formula is C13H12O3. The number of benzene rings is 2. The first-order chi connectivity index (χ1) is 7.66. The monoisotopic (exact) mass is 216 g/mol. The summed E-state index contributed by atoms with van der Waals surface area (Å²) in [7, 11) is 0. The molecule has 0 saturated heterocycles. The Hall–Kier alpha value is -2.16. The first-order valence-corrected chi connectivity index (χ1v) is 4.92. The molecule has 3 heteroatoms. The van der Waals surface area contributed by atoms with Gasteiger partial charge in [0.1, 0.15) is 11.5 Å². The van der Waals surface area contributed by atoms with Crippen LogP contribution in [-0.2, 0) is 0 Å². The van der Waals surface area contributed by atoms with Gasteiger partial charge in [-0.15, -0.1) is 0 Å². The van der Waals surface area contributed by atoms with Crippen LogP contribution in [0.4, 0.5) is 0 Å². The lowest BCUT2D eigenvalue weighted by molar-refractivity contribution is 0.395. The van der Waals surface area contributed by atoms with Crippen molar-refractivity contribution in [1.82, 2.24) is 0 Å². The molecule has 0 aliphatic heterocycles.